The van der Waals surface area contributed by atoms with E-state index in [0.29, 0.717) is 0 Å². The lowest BCUT2D eigenvalue weighted by Gasteiger charge is -2.51. The van der Waals surface area contributed by atoms with Crippen LogP contribution in [0, 0.1) is 11.8 Å². The minimum Gasteiger partial charge on any atom is -0.497 e. The fourth-order valence-electron chi connectivity index (χ4n) is 5.72. The summed E-state index contributed by atoms with van der Waals surface area (Å²) in [6.45, 7) is 6.59. The fraction of sp³-hybridized carbons (Fsp3) is 0.625. The Labute approximate surface area is 183 Å². The topological polar surface area (TPSA) is 48.8 Å². The molecule has 1 aromatic carbocycles. The van der Waals surface area contributed by atoms with Crippen LogP contribution in [-0.4, -0.2) is 65.8 Å². The summed E-state index contributed by atoms with van der Waals surface area (Å²) in [6, 6.07) is 8.41. The molecule has 0 spiro atoms. The second kappa shape index (κ2) is 8.56. The number of piperidine rings is 3. The molecule has 4 saturated heterocycles. The maximum absolute atomic E-state index is 11.7. The van der Waals surface area contributed by atoms with Crippen LogP contribution in [0.15, 0.2) is 24.3 Å². The Morgan fingerprint density at radius 2 is 2.07 bits per heavy atom. The average Bonchev–Trinajstić information content (AvgIpc) is 2.83. The summed E-state index contributed by atoms with van der Waals surface area (Å²) in [5.74, 6) is 5.63. The number of benzene rings is 1. The fourth-order valence-corrected chi connectivity index (χ4v) is 6.62. The SMILES string of the molecule is CC[C@H]1CN2CC[C@@H]1C[C@H]2[C@H](O)c1cc(N2CCSCC2)nc2ccc(OC)cc12. The third-order valence-electron chi connectivity index (χ3n) is 7.51. The van der Waals surface area contributed by atoms with Gasteiger partial charge in [0.15, 0.2) is 0 Å². The van der Waals surface area contributed by atoms with E-state index in [-0.39, 0.29) is 6.04 Å². The number of aromatic nitrogens is 1. The van der Waals surface area contributed by atoms with E-state index >= 15 is 0 Å². The lowest BCUT2D eigenvalue weighted by Crippen LogP contribution is -2.55. The average molecular weight is 428 g/mol. The number of ether oxygens (including phenoxy) is 1. The summed E-state index contributed by atoms with van der Waals surface area (Å²) in [5.41, 5.74) is 1.96. The van der Waals surface area contributed by atoms with Crippen molar-refractivity contribution in [1.29, 1.82) is 0 Å². The summed E-state index contributed by atoms with van der Waals surface area (Å²) >= 11 is 2.00. The first kappa shape index (κ1) is 20.4. The van der Waals surface area contributed by atoms with Crippen LogP contribution in [0.3, 0.4) is 0 Å². The summed E-state index contributed by atoms with van der Waals surface area (Å²) in [6.07, 6.45) is 3.13. The number of hydrogen-bond acceptors (Lipinski definition) is 6. The molecule has 1 aromatic heterocycles. The smallest absolute Gasteiger partial charge is 0.129 e. The molecule has 1 N–H and O–H groups in total. The molecule has 5 heterocycles. The number of rotatable bonds is 5. The Morgan fingerprint density at radius 3 is 2.77 bits per heavy atom. The lowest BCUT2D eigenvalue weighted by molar-refractivity contribution is -0.0562. The molecule has 6 heteroatoms. The molecule has 162 valence electrons. The molecule has 4 aliphatic rings. The van der Waals surface area contributed by atoms with Crippen molar-refractivity contribution in [3.8, 4) is 5.75 Å². The van der Waals surface area contributed by atoms with Crippen LogP contribution in [0.1, 0.15) is 37.9 Å². The van der Waals surface area contributed by atoms with Crippen molar-refractivity contribution in [3.63, 3.8) is 0 Å². The number of anilines is 1. The first-order valence-electron chi connectivity index (χ1n) is 11.4. The number of aliphatic hydroxyl groups is 1. The van der Waals surface area contributed by atoms with Crippen molar-refractivity contribution < 1.29 is 9.84 Å². The van der Waals surface area contributed by atoms with Crippen LogP contribution in [0.25, 0.3) is 10.9 Å². The van der Waals surface area contributed by atoms with E-state index in [9.17, 15) is 5.11 Å². The van der Waals surface area contributed by atoms with Gasteiger partial charge in [0.05, 0.1) is 18.7 Å². The molecule has 5 atom stereocenters. The zero-order valence-electron chi connectivity index (χ0n) is 18.1. The molecule has 0 radical (unpaired) electrons. The minimum absolute atomic E-state index is 0.202. The van der Waals surface area contributed by atoms with Gasteiger partial charge in [0.25, 0.3) is 0 Å². The molecular formula is C24H33N3O2S. The summed E-state index contributed by atoms with van der Waals surface area (Å²) in [4.78, 5) is 9.89. The first-order valence-corrected chi connectivity index (χ1v) is 12.6. The monoisotopic (exact) mass is 427 g/mol. The largest absolute Gasteiger partial charge is 0.497 e. The number of methoxy groups -OCH3 is 1. The highest BCUT2D eigenvalue weighted by molar-refractivity contribution is 7.99. The molecule has 1 unspecified atom stereocenters. The van der Waals surface area contributed by atoms with Crippen LogP contribution in [0.4, 0.5) is 5.82 Å². The highest BCUT2D eigenvalue weighted by Crippen LogP contribution is 2.43. The predicted octanol–water partition coefficient (Wildman–Crippen LogP) is 3.95. The minimum atomic E-state index is -0.499. The van der Waals surface area contributed by atoms with Crippen LogP contribution >= 0.6 is 11.8 Å². The van der Waals surface area contributed by atoms with Crippen molar-refractivity contribution in [1.82, 2.24) is 9.88 Å². The van der Waals surface area contributed by atoms with Crippen molar-refractivity contribution in [3.05, 3.63) is 29.8 Å². The Morgan fingerprint density at radius 1 is 1.23 bits per heavy atom. The number of nitrogens with zero attached hydrogens (tertiary/aromatic N) is 3. The summed E-state index contributed by atoms with van der Waals surface area (Å²) in [7, 11) is 1.70. The Balaban J connectivity index is 1.54. The second-order valence-electron chi connectivity index (χ2n) is 9.01. The molecule has 4 fully saturated rings. The summed E-state index contributed by atoms with van der Waals surface area (Å²) in [5, 5.41) is 12.7. The predicted molar refractivity (Wildman–Crippen MR) is 125 cm³/mol. The second-order valence-corrected chi connectivity index (χ2v) is 10.2. The van der Waals surface area contributed by atoms with Crippen LogP contribution < -0.4 is 9.64 Å². The van der Waals surface area contributed by atoms with E-state index < -0.39 is 6.10 Å². The van der Waals surface area contributed by atoms with Gasteiger partial charge in [-0.1, -0.05) is 13.3 Å². The molecule has 30 heavy (non-hydrogen) atoms. The number of thioether (sulfide) groups is 1. The maximum Gasteiger partial charge on any atom is 0.129 e. The number of aliphatic hydroxyl groups excluding tert-OH is 1. The molecule has 0 aliphatic carbocycles. The molecular weight excluding hydrogens is 394 g/mol. The van der Waals surface area contributed by atoms with Gasteiger partial charge in [-0.3, -0.25) is 4.90 Å². The Kier molecular flexibility index (Phi) is 5.82. The molecule has 5 nitrogen and oxygen atoms in total. The van der Waals surface area contributed by atoms with E-state index in [4.69, 9.17) is 9.72 Å². The van der Waals surface area contributed by atoms with E-state index in [2.05, 4.69) is 22.8 Å². The van der Waals surface area contributed by atoms with E-state index in [1.165, 1.54) is 12.8 Å². The molecule has 0 saturated carbocycles. The quantitative estimate of drug-likeness (QED) is 0.780. The zero-order chi connectivity index (χ0) is 20.7. The zero-order valence-corrected chi connectivity index (χ0v) is 18.9. The van der Waals surface area contributed by atoms with Gasteiger partial charge in [-0.25, -0.2) is 4.98 Å². The van der Waals surface area contributed by atoms with Gasteiger partial charge in [0.1, 0.15) is 11.6 Å². The van der Waals surface area contributed by atoms with Crippen molar-refractivity contribution in [2.45, 2.75) is 38.3 Å². The molecule has 0 amide bonds. The maximum atomic E-state index is 11.7. The summed E-state index contributed by atoms with van der Waals surface area (Å²) < 4.78 is 5.49. The van der Waals surface area contributed by atoms with Crippen molar-refractivity contribution in [2.24, 2.45) is 11.8 Å². The van der Waals surface area contributed by atoms with Gasteiger partial charge >= 0.3 is 0 Å². The van der Waals surface area contributed by atoms with Gasteiger partial charge < -0.3 is 14.7 Å². The highest BCUT2D eigenvalue weighted by atomic mass is 32.2. The first-order chi connectivity index (χ1) is 14.7. The highest BCUT2D eigenvalue weighted by Gasteiger charge is 2.42. The van der Waals surface area contributed by atoms with Crippen molar-refractivity contribution in [2.75, 3.05) is 49.7 Å². The van der Waals surface area contributed by atoms with Gasteiger partial charge in [-0.05, 0) is 61.1 Å². The van der Waals surface area contributed by atoms with Crippen molar-refractivity contribution >= 4 is 28.5 Å². The van der Waals surface area contributed by atoms with Gasteiger partial charge in [-0.15, -0.1) is 0 Å². The molecule has 2 aromatic rings. The van der Waals surface area contributed by atoms with E-state index in [0.717, 1.165) is 84.0 Å². The van der Waals surface area contributed by atoms with Gasteiger partial charge in [0, 0.05) is 42.6 Å². The Hall–Kier alpha value is -1.50. The third-order valence-corrected chi connectivity index (χ3v) is 8.46. The number of fused-ring (bicyclic) bond motifs is 4. The van der Waals surface area contributed by atoms with Gasteiger partial charge in [-0.2, -0.15) is 11.8 Å². The standard InChI is InChI=1S/C24H33N3O2S/c1-3-16-15-27-7-6-17(16)12-22(27)24(28)20-14-23(26-8-10-30-11-9-26)25-21-5-4-18(29-2)13-19(20)21/h4-5,13-14,16-17,22,24,28H,3,6-12,15H2,1-2H3/t16-,17+,22-,24+/m0/s1. The normalized spacial score (nSPS) is 29.9. The number of pyridine rings is 1. The van der Waals surface area contributed by atoms with Crippen LogP contribution in [-0.2, 0) is 0 Å². The lowest BCUT2D eigenvalue weighted by atomic mass is 9.72. The molecule has 4 aliphatic heterocycles. The van der Waals surface area contributed by atoms with E-state index in [1.807, 2.05) is 30.0 Å². The van der Waals surface area contributed by atoms with Crippen LogP contribution in [0.2, 0.25) is 0 Å². The van der Waals surface area contributed by atoms with Gasteiger partial charge in [0.2, 0.25) is 0 Å². The van der Waals surface area contributed by atoms with E-state index in [1.54, 1.807) is 7.11 Å². The molecule has 6 rings (SSSR count). The Bertz CT molecular complexity index is 901. The third kappa shape index (κ3) is 3.67. The molecule has 2 bridgehead atoms. The van der Waals surface area contributed by atoms with Crippen LogP contribution in [0.5, 0.6) is 5.75 Å². The number of hydrogen-bond donors (Lipinski definition) is 1.